The topological polar surface area (TPSA) is 36.3 Å². The van der Waals surface area contributed by atoms with E-state index in [1.54, 1.807) is 14.2 Å². The smallest absolute Gasteiger partial charge is 0.124 e. The van der Waals surface area contributed by atoms with Crippen LogP contribution in [-0.4, -0.2) is 29.9 Å². The number of aromatic nitrogens is 2. The number of benzene rings is 1. The molecule has 0 radical (unpaired) electrons. The van der Waals surface area contributed by atoms with Crippen LogP contribution < -0.4 is 4.74 Å². The lowest BCUT2D eigenvalue weighted by Gasteiger charge is -2.13. The molecule has 1 unspecified atom stereocenters. The van der Waals surface area contributed by atoms with Gasteiger partial charge in [-0.25, -0.2) is 4.98 Å². The van der Waals surface area contributed by atoms with Crippen LogP contribution in [0.25, 0.3) is 11.0 Å². The maximum Gasteiger partial charge on any atom is 0.124 e. The molecule has 2 aromatic rings. The van der Waals surface area contributed by atoms with Gasteiger partial charge in [0, 0.05) is 13.2 Å². The molecule has 4 nitrogen and oxygen atoms in total. The van der Waals surface area contributed by atoms with Gasteiger partial charge in [0.2, 0.25) is 0 Å². The Bertz CT molecular complexity index is 539. The predicted molar refractivity (Wildman–Crippen MR) is 72.3 cm³/mol. The maximum atomic E-state index is 5.95. The predicted octanol–water partition coefficient (Wildman–Crippen LogP) is 2.82. The molecule has 0 aliphatic rings. The molecule has 0 aliphatic carbocycles. The van der Waals surface area contributed by atoms with Gasteiger partial charge in [-0.15, -0.1) is 11.6 Å². The molecule has 0 amide bonds. The molecular weight excluding hydrogens is 252 g/mol. The summed E-state index contributed by atoms with van der Waals surface area (Å²) in [4.78, 5) is 4.51. The van der Waals surface area contributed by atoms with Crippen molar-refractivity contribution in [1.29, 1.82) is 0 Å². The SMILES string of the molecule is COc1ccc2nc(CCl)n(CC(C)OC)c2c1. The van der Waals surface area contributed by atoms with Crippen molar-refractivity contribution in [3.8, 4) is 5.75 Å². The first-order valence-corrected chi connectivity index (χ1v) is 6.35. The van der Waals surface area contributed by atoms with Crippen molar-refractivity contribution >= 4 is 22.6 Å². The standard InChI is InChI=1S/C13H17ClN2O2/c1-9(17-2)8-16-12-6-10(18-3)4-5-11(12)15-13(16)7-14/h4-6,9H,7-8H2,1-3H3. The quantitative estimate of drug-likeness (QED) is 0.783. The molecule has 0 fully saturated rings. The first-order chi connectivity index (χ1) is 8.69. The van der Waals surface area contributed by atoms with Gasteiger partial charge in [0.1, 0.15) is 11.6 Å². The van der Waals surface area contributed by atoms with Gasteiger partial charge in [0.05, 0.1) is 36.7 Å². The molecule has 98 valence electrons. The van der Waals surface area contributed by atoms with E-state index >= 15 is 0 Å². The average molecular weight is 269 g/mol. The molecule has 0 aliphatic heterocycles. The Balaban J connectivity index is 2.51. The Morgan fingerprint density at radius 2 is 2.17 bits per heavy atom. The number of ether oxygens (including phenoxy) is 2. The van der Waals surface area contributed by atoms with E-state index < -0.39 is 0 Å². The zero-order valence-corrected chi connectivity index (χ0v) is 11.6. The van der Waals surface area contributed by atoms with Gasteiger partial charge in [-0.1, -0.05) is 0 Å². The summed E-state index contributed by atoms with van der Waals surface area (Å²) < 4.78 is 12.6. The minimum Gasteiger partial charge on any atom is -0.497 e. The van der Waals surface area contributed by atoms with Gasteiger partial charge in [0.15, 0.2) is 0 Å². The Hall–Kier alpha value is -1.26. The van der Waals surface area contributed by atoms with E-state index in [1.165, 1.54) is 0 Å². The second-order valence-corrected chi connectivity index (χ2v) is 4.44. The maximum absolute atomic E-state index is 5.95. The summed E-state index contributed by atoms with van der Waals surface area (Å²) in [6, 6.07) is 5.82. The van der Waals surface area contributed by atoms with Gasteiger partial charge in [-0.3, -0.25) is 0 Å². The largest absolute Gasteiger partial charge is 0.497 e. The van der Waals surface area contributed by atoms with Gasteiger partial charge in [-0.05, 0) is 19.1 Å². The van der Waals surface area contributed by atoms with E-state index in [4.69, 9.17) is 21.1 Å². The number of halogens is 1. The van der Waals surface area contributed by atoms with Crippen molar-refractivity contribution in [3.05, 3.63) is 24.0 Å². The van der Waals surface area contributed by atoms with Crippen LogP contribution in [0.3, 0.4) is 0 Å². The molecule has 0 N–H and O–H groups in total. The molecule has 0 spiro atoms. The van der Waals surface area contributed by atoms with E-state index in [0.29, 0.717) is 5.88 Å². The summed E-state index contributed by atoms with van der Waals surface area (Å²) >= 11 is 5.95. The summed E-state index contributed by atoms with van der Waals surface area (Å²) in [6.45, 7) is 2.74. The van der Waals surface area contributed by atoms with E-state index in [-0.39, 0.29) is 6.10 Å². The summed E-state index contributed by atoms with van der Waals surface area (Å²) in [5.74, 6) is 2.05. The first kappa shape index (κ1) is 13.2. The highest BCUT2D eigenvalue weighted by atomic mass is 35.5. The zero-order valence-electron chi connectivity index (χ0n) is 10.8. The van der Waals surface area contributed by atoms with Crippen LogP contribution in [0.2, 0.25) is 0 Å². The molecule has 1 aromatic heterocycles. The molecule has 1 aromatic carbocycles. The van der Waals surface area contributed by atoms with E-state index in [0.717, 1.165) is 29.2 Å². The molecule has 0 saturated carbocycles. The molecule has 1 heterocycles. The van der Waals surface area contributed by atoms with Gasteiger partial charge in [0.25, 0.3) is 0 Å². The van der Waals surface area contributed by atoms with Crippen LogP contribution in [0.1, 0.15) is 12.7 Å². The van der Waals surface area contributed by atoms with Crippen molar-refractivity contribution in [2.45, 2.75) is 25.5 Å². The highest BCUT2D eigenvalue weighted by molar-refractivity contribution is 6.16. The fraction of sp³-hybridized carbons (Fsp3) is 0.462. The average Bonchev–Trinajstić information content (AvgIpc) is 2.75. The van der Waals surface area contributed by atoms with Gasteiger partial charge < -0.3 is 14.0 Å². The van der Waals surface area contributed by atoms with Crippen molar-refractivity contribution in [2.75, 3.05) is 14.2 Å². The molecule has 1 atom stereocenters. The Morgan fingerprint density at radius 1 is 1.39 bits per heavy atom. The number of hydrogen-bond donors (Lipinski definition) is 0. The highest BCUT2D eigenvalue weighted by Gasteiger charge is 2.13. The number of fused-ring (bicyclic) bond motifs is 1. The van der Waals surface area contributed by atoms with Crippen LogP contribution in [0.5, 0.6) is 5.75 Å². The number of methoxy groups -OCH3 is 2. The molecule has 0 saturated heterocycles. The number of nitrogens with zero attached hydrogens (tertiary/aromatic N) is 2. The molecule has 0 bridgehead atoms. The van der Waals surface area contributed by atoms with Gasteiger partial charge >= 0.3 is 0 Å². The van der Waals surface area contributed by atoms with Crippen molar-refractivity contribution in [3.63, 3.8) is 0 Å². The van der Waals surface area contributed by atoms with Crippen molar-refractivity contribution < 1.29 is 9.47 Å². The lowest BCUT2D eigenvalue weighted by molar-refractivity contribution is 0.103. The normalized spacial score (nSPS) is 12.9. The summed E-state index contributed by atoms with van der Waals surface area (Å²) in [5.41, 5.74) is 1.95. The first-order valence-electron chi connectivity index (χ1n) is 5.81. The number of alkyl halides is 1. The molecule has 2 rings (SSSR count). The van der Waals surface area contributed by atoms with Crippen molar-refractivity contribution in [2.24, 2.45) is 0 Å². The van der Waals surface area contributed by atoms with E-state index in [2.05, 4.69) is 9.55 Å². The minimum absolute atomic E-state index is 0.107. The fourth-order valence-electron chi connectivity index (χ4n) is 1.92. The Labute approximate surface area is 111 Å². The monoisotopic (exact) mass is 268 g/mol. The third-order valence-corrected chi connectivity index (χ3v) is 3.24. The summed E-state index contributed by atoms with van der Waals surface area (Å²) in [6.07, 6.45) is 0.107. The Kier molecular flexibility index (Phi) is 4.09. The number of hydrogen-bond acceptors (Lipinski definition) is 3. The molecular formula is C13H17ClN2O2. The van der Waals surface area contributed by atoms with Crippen LogP contribution in [0.4, 0.5) is 0 Å². The van der Waals surface area contributed by atoms with Crippen LogP contribution in [-0.2, 0) is 17.2 Å². The third kappa shape index (κ3) is 2.44. The van der Waals surface area contributed by atoms with Crippen molar-refractivity contribution in [1.82, 2.24) is 9.55 Å². The number of imidazole rings is 1. The van der Waals surface area contributed by atoms with Crippen LogP contribution >= 0.6 is 11.6 Å². The van der Waals surface area contributed by atoms with Crippen LogP contribution in [0, 0.1) is 0 Å². The van der Waals surface area contributed by atoms with E-state index in [9.17, 15) is 0 Å². The van der Waals surface area contributed by atoms with E-state index in [1.807, 2.05) is 25.1 Å². The van der Waals surface area contributed by atoms with Crippen LogP contribution in [0.15, 0.2) is 18.2 Å². The summed E-state index contributed by atoms with van der Waals surface area (Å²) in [7, 11) is 3.35. The summed E-state index contributed by atoms with van der Waals surface area (Å²) in [5, 5.41) is 0. The fourth-order valence-corrected chi connectivity index (χ4v) is 2.12. The second kappa shape index (κ2) is 5.59. The third-order valence-electron chi connectivity index (χ3n) is 3.00. The number of rotatable bonds is 5. The zero-order chi connectivity index (χ0) is 13.1. The molecule has 5 heteroatoms. The lowest BCUT2D eigenvalue weighted by Crippen LogP contribution is -2.16. The molecule has 18 heavy (non-hydrogen) atoms. The Morgan fingerprint density at radius 3 is 2.78 bits per heavy atom. The second-order valence-electron chi connectivity index (χ2n) is 4.17. The lowest BCUT2D eigenvalue weighted by atomic mass is 10.3. The highest BCUT2D eigenvalue weighted by Crippen LogP contribution is 2.23. The van der Waals surface area contributed by atoms with Gasteiger partial charge in [-0.2, -0.15) is 0 Å². The minimum atomic E-state index is 0.107.